The quantitative estimate of drug-likeness (QED) is 0.632. The maximum Gasteiger partial charge on any atom is 0.281 e. The highest BCUT2D eigenvalue weighted by Gasteiger charge is 2.26. The number of aromatic nitrogens is 2. The number of thioether (sulfide) groups is 1. The van der Waals surface area contributed by atoms with E-state index in [1.807, 2.05) is 43.0 Å². The zero-order valence-electron chi connectivity index (χ0n) is 19.8. The van der Waals surface area contributed by atoms with Gasteiger partial charge in [-0.25, -0.2) is 9.97 Å². The van der Waals surface area contributed by atoms with Crippen molar-refractivity contribution >= 4 is 40.1 Å². The van der Waals surface area contributed by atoms with Crippen molar-refractivity contribution in [2.45, 2.75) is 44.5 Å². The lowest BCUT2D eigenvalue weighted by atomic mass is 10.1. The third kappa shape index (κ3) is 5.98. The molecule has 0 saturated carbocycles. The summed E-state index contributed by atoms with van der Waals surface area (Å²) in [4.78, 5) is 36.9. The van der Waals surface area contributed by atoms with Gasteiger partial charge in [-0.2, -0.15) is 0 Å². The number of fused-ring (bicyclic) bond motifs is 1. The molecule has 1 N–H and O–H groups in total. The summed E-state index contributed by atoms with van der Waals surface area (Å²) in [6.45, 7) is 6.27. The smallest absolute Gasteiger partial charge is 0.281 e. The van der Waals surface area contributed by atoms with Gasteiger partial charge in [0.15, 0.2) is 0 Å². The number of likely N-dealkylation sites (tertiary alicyclic amines) is 1. The van der Waals surface area contributed by atoms with Gasteiger partial charge < -0.3 is 24.6 Å². The second kappa shape index (κ2) is 11.1. The van der Waals surface area contributed by atoms with E-state index in [-0.39, 0.29) is 29.1 Å². The molecule has 2 aliphatic heterocycles. The first kappa shape index (κ1) is 24.3. The van der Waals surface area contributed by atoms with Gasteiger partial charge in [0.05, 0.1) is 0 Å². The number of amides is 2. The Bertz CT molecular complexity index is 1030. The van der Waals surface area contributed by atoms with E-state index in [2.05, 4.69) is 20.2 Å². The van der Waals surface area contributed by atoms with Crippen LogP contribution in [0, 0.1) is 0 Å². The van der Waals surface area contributed by atoms with Crippen LogP contribution in [0.5, 0.6) is 5.88 Å². The van der Waals surface area contributed by atoms with Crippen molar-refractivity contribution in [3.8, 4) is 5.88 Å². The number of methoxy groups -OCH3 is 1. The van der Waals surface area contributed by atoms with Crippen LogP contribution in [0.2, 0.25) is 0 Å². The normalized spacial score (nSPS) is 16.0. The Hall–Kier alpha value is -2.85. The SMILES string of the molecule is COCC(=O)Nc1ccc2c(c1)CCN2c1cc(OC2CCN(C(=O)SC(C)C)CC2)ncn1. The molecule has 1 aromatic carbocycles. The van der Waals surface area contributed by atoms with Gasteiger partial charge in [0.2, 0.25) is 11.8 Å². The van der Waals surface area contributed by atoms with Crippen LogP contribution in [0.25, 0.3) is 0 Å². The van der Waals surface area contributed by atoms with Crippen molar-refractivity contribution in [2.24, 2.45) is 0 Å². The fourth-order valence-corrected chi connectivity index (χ4v) is 4.93. The largest absolute Gasteiger partial charge is 0.474 e. The molecule has 0 spiro atoms. The molecule has 4 rings (SSSR count). The summed E-state index contributed by atoms with van der Waals surface area (Å²) >= 11 is 1.38. The predicted molar refractivity (Wildman–Crippen MR) is 133 cm³/mol. The number of carbonyl (C=O) groups excluding carboxylic acids is 2. The molecule has 1 saturated heterocycles. The van der Waals surface area contributed by atoms with Gasteiger partial charge in [0.1, 0.15) is 24.9 Å². The molecule has 10 heteroatoms. The van der Waals surface area contributed by atoms with E-state index in [4.69, 9.17) is 9.47 Å². The minimum Gasteiger partial charge on any atom is -0.474 e. The van der Waals surface area contributed by atoms with Crippen LogP contribution in [0.3, 0.4) is 0 Å². The summed E-state index contributed by atoms with van der Waals surface area (Å²) in [6.07, 6.45) is 3.98. The van der Waals surface area contributed by atoms with Crippen molar-refractivity contribution in [2.75, 3.05) is 43.6 Å². The number of hydrogen-bond donors (Lipinski definition) is 1. The van der Waals surface area contributed by atoms with Crippen LogP contribution in [0.4, 0.5) is 22.0 Å². The van der Waals surface area contributed by atoms with E-state index in [0.717, 1.165) is 48.6 Å². The number of hydrogen-bond acceptors (Lipinski definition) is 8. The Kier molecular flexibility index (Phi) is 7.89. The number of nitrogens with one attached hydrogen (secondary N) is 1. The molecule has 0 bridgehead atoms. The Morgan fingerprint density at radius 1 is 1.18 bits per heavy atom. The molecule has 34 heavy (non-hydrogen) atoms. The van der Waals surface area contributed by atoms with Gasteiger partial charge in [0, 0.05) is 62.3 Å². The average molecular weight is 486 g/mol. The molecule has 9 nitrogen and oxygen atoms in total. The number of ether oxygens (including phenoxy) is 2. The van der Waals surface area contributed by atoms with E-state index >= 15 is 0 Å². The Balaban J connectivity index is 1.37. The molecule has 1 fully saturated rings. The first-order valence-electron chi connectivity index (χ1n) is 11.6. The Labute approximate surface area is 204 Å². The summed E-state index contributed by atoms with van der Waals surface area (Å²) in [5.74, 6) is 1.15. The number of benzene rings is 1. The number of piperidine rings is 1. The third-order valence-corrected chi connectivity index (χ3v) is 6.69. The van der Waals surface area contributed by atoms with Crippen molar-refractivity contribution in [1.29, 1.82) is 0 Å². The highest BCUT2D eigenvalue weighted by Crippen LogP contribution is 2.36. The van der Waals surface area contributed by atoms with Gasteiger partial charge in [0.25, 0.3) is 5.24 Å². The van der Waals surface area contributed by atoms with E-state index in [9.17, 15) is 9.59 Å². The fraction of sp³-hybridized carbons (Fsp3) is 0.500. The average Bonchev–Trinajstić information content (AvgIpc) is 3.23. The lowest BCUT2D eigenvalue weighted by Gasteiger charge is -2.32. The number of nitrogens with zero attached hydrogens (tertiary/aromatic N) is 4. The molecule has 2 aromatic rings. The molecule has 0 atom stereocenters. The Morgan fingerprint density at radius 2 is 1.97 bits per heavy atom. The highest BCUT2D eigenvalue weighted by molar-refractivity contribution is 8.14. The summed E-state index contributed by atoms with van der Waals surface area (Å²) in [5.41, 5.74) is 2.96. The van der Waals surface area contributed by atoms with Crippen molar-refractivity contribution < 1.29 is 19.1 Å². The van der Waals surface area contributed by atoms with E-state index in [1.54, 1.807) is 0 Å². The molecule has 2 amide bonds. The second-order valence-electron chi connectivity index (χ2n) is 8.68. The first-order chi connectivity index (χ1) is 16.4. The minimum absolute atomic E-state index is 0.0269. The van der Waals surface area contributed by atoms with E-state index < -0.39 is 0 Å². The standard InChI is InChI=1S/C24H31N5O4S/c1-16(2)34-24(31)28-9-7-19(8-10-28)33-23-13-21(25-15-26-23)29-11-6-17-12-18(4-5-20(17)29)27-22(30)14-32-3/h4-5,12-13,15-16,19H,6-11,14H2,1-3H3,(H,27,30). The highest BCUT2D eigenvalue weighted by atomic mass is 32.2. The summed E-state index contributed by atoms with van der Waals surface area (Å²) in [6, 6.07) is 7.74. The lowest BCUT2D eigenvalue weighted by Crippen LogP contribution is -2.40. The Morgan fingerprint density at radius 3 is 2.71 bits per heavy atom. The number of anilines is 3. The first-order valence-corrected chi connectivity index (χ1v) is 12.4. The fourth-order valence-electron chi connectivity index (χ4n) is 4.19. The monoisotopic (exact) mass is 485 g/mol. The van der Waals surface area contributed by atoms with Crippen LogP contribution in [-0.4, -0.2) is 70.7 Å². The van der Waals surface area contributed by atoms with Crippen LogP contribution in [0.1, 0.15) is 32.3 Å². The maximum absolute atomic E-state index is 12.3. The molecule has 2 aliphatic rings. The van der Waals surface area contributed by atoms with Crippen LogP contribution in [0.15, 0.2) is 30.6 Å². The molecule has 0 unspecified atom stereocenters. The molecular formula is C24H31N5O4S. The maximum atomic E-state index is 12.3. The van der Waals surface area contributed by atoms with Crippen LogP contribution in [-0.2, 0) is 16.0 Å². The van der Waals surface area contributed by atoms with Crippen LogP contribution < -0.4 is 15.0 Å². The number of carbonyl (C=O) groups is 2. The molecule has 0 radical (unpaired) electrons. The van der Waals surface area contributed by atoms with Gasteiger partial charge in [-0.15, -0.1) is 0 Å². The van der Waals surface area contributed by atoms with Gasteiger partial charge >= 0.3 is 0 Å². The second-order valence-corrected chi connectivity index (χ2v) is 10.2. The van der Waals surface area contributed by atoms with Gasteiger partial charge in [-0.1, -0.05) is 25.6 Å². The summed E-state index contributed by atoms with van der Waals surface area (Å²) < 4.78 is 11.0. The molecule has 1 aromatic heterocycles. The van der Waals surface area contributed by atoms with E-state index in [0.29, 0.717) is 19.0 Å². The third-order valence-electron chi connectivity index (χ3n) is 5.76. The molecular weight excluding hydrogens is 454 g/mol. The van der Waals surface area contributed by atoms with Crippen molar-refractivity contribution in [3.05, 3.63) is 36.2 Å². The van der Waals surface area contributed by atoms with Crippen LogP contribution >= 0.6 is 11.8 Å². The zero-order chi connectivity index (χ0) is 24.1. The number of rotatable bonds is 7. The zero-order valence-corrected chi connectivity index (χ0v) is 20.6. The molecule has 3 heterocycles. The topological polar surface area (TPSA) is 96.9 Å². The summed E-state index contributed by atoms with van der Waals surface area (Å²) in [7, 11) is 1.50. The van der Waals surface area contributed by atoms with Crippen molar-refractivity contribution in [3.63, 3.8) is 0 Å². The van der Waals surface area contributed by atoms with Gasteiger partial charge in [-0.05, 0) is 30.2 Å². The van der Waals surface area contributed by atoms with Crippen molar-refractivity contribution in [1.82, 2.24) is 14.9 Å². The molecule has 182 valence electrons. The van der Waals surface area contributed by atoms with E-state index in [1.165, 1.54) is 25.2 Å². The molecule has 0 aliphatic carbocycles. The summed E-state index contributed by atoms with van der Waals surface area (Å²) in [5, 5.41) is 3.28. The lowest BCUT2D eigenvalue weighted by molar-refractivity contribution is -0.119. The minimum atomic E-state index is -0.177. The predicted octanol–water partition coefficient (Wildman–Crippen LogP) is 3.86. The van der Waals surface area contributed by atoms with Gasteiger partial charge in [-0.3, -0.25) is 9.59 Å².